The number of carbonyl (C=O) groups excluding carboxylic acids is 2. The number of hydrogen-bond acceptors (Lipinski definition) is 4. The van der Waals surface area contributed by atoms with Gasteiger partial charge >= 0.3 is 12.0 Å². The Morgan fingerprint density at radius 2 is 2.11 bits per heavy atom. The molecule has 0 aliphatic carbocycles. The quantitative estimate of drug-likeness (QED) is 0.623. The summed E-state index contributed by atoms with van der Waals surface area (Å²) < 4.78 is 4.98. The Hall–Kier alpha value is -2.51. The van der Waals surface area contributed by atoms with Crippen molar-refractivity contribution >= 4 is 17.9 Å². The summed E-state index contributed by atoms with van der Waals surface area (Å²) in [7, 11) is 0. The SMILES string of the molecule is NC(=O)CN(CC(=O)O)C(=O)NCc1ccco1. The van der Waals surface area contributed by atoms with Crippen LogP contribution in [0.2, 0.25) is 0 Å². The van der Waals surface area contributed by atoms with E-state index in [-0.39, 0.29) is 6.54 Å². The number of carboxylic acid groups (broad SMARTS) is 1. The molecule has 0 saturated carbocycles. The number of aliphatic carboxylic acids is 1. The third-order valence-corrected chi connectivity index (χ3v) is 1.95. The van der Waals surface area contributed by atoms with E-state index >= 15 is 0 Å². The third-order valence-electron chi connectivity index (χ3n) is 1.95. The van der Waals surface area contributed by atoms with Crippen LogP contribution in [0.1, 0.15) is 5.76 Å². The highest BCUT2D eigenvalue weighted by Gasteiger charge is 2.18. The normalized spacial score (nSPS) is 9.78. The van der Waals surface area contributed by atoms with Crippen molar-refractivity contribution in [1.29, 1.82) is 0 Å². The second kappa shape index (κ2) is 6.28. The summed E-state index contributed by atoms with van der Waals surface area (Å²) in [5, 5.41) is 11.0. The minimum Gasteiger partial charge on any atom is -0.480 e. The van der Waals surface area contributed by atoms with Gasteiger partial charge in [-0.15, -0.1) is 0 Å². The van der Waals surface area contributed by atoms with Gasteiger partial charge in [0.1, 0.15) is 18.8 Å². The average molecular weight is 255 g/mol. The molecule has 8 nitrogen and oxygen atoms in total. The molecule has 0 saturated heterocycles. The van der Waals surface area contributed by atoms with E-state index < -0.39 is 31.0 Å². The first-order valence-corrected chi connectivity index (χ1v) is 5.04. The Kier molecular flexibility index (Phi) is 4.73. The molecule has 8 heteroatoms. The summed E-state index contributed by atoms with van der Waals surface area (Å²) in [4.78, 5) is 33.7. The fourth-order valence-corrected chi connectivity index (χ4v) is 1.24. The van der Waals surface area contributed by atoms with E-state index in [4.69, 9.17) is 15.3 Å². The van der Waals surface area contributed by atoms with Gasteiger partial charge in [-0.25, -0.2) is 4.79 Å². The van der Waals surface area contributed by atoms with Gasteiger partial charge in [-0.1, -0.05) is 0 Å². The lowest BCUT2D eigenvalue weighted by Gasteiger charge is -2.19. The number of nitrogens with two attached hydrogens (primary N) is 1. The number of nitrogens with one attached hydrogen (secondary N) is 1. The molecule has 0 unspecified atom stereocenters. The Bertz CT molecular complexity index is 413. The number of furan rings is 1. The molecule has 0 bridgehead atoms. The van der Waals surface area contributed by atoms with Gasteiger partial charge in [0, 0.05) is 0 Å². The van der Waals surface area contributed by atoms with Crippen LogP contribution in [0.3, 0.4) is 0 Å². The van der Waals surface area contributed by atoms with Crippen molar-refractivity contribution in [2.24, 2.45) is 5.73 Å². The maximum absolute atomic E-state index is 11.6. The summed E-state index contributed by atoms with van der Waals surface area (Å²) in [5.41, 5.74) is 4.93. The third kappa shape index (κ3) is 4.56. The monoisotopic (exact) mass is 255 g/mol. The number of carbonyl (C=O) groups is 3. The second-order valence-electron chi connectivity index (χ2n) is 3.45. The summed E-state index contributed by atoms with van der Waals surface area (Å²) in [6.07, 6.45) is 1.44. The minimum atomic E-state index is -1.23. The van der Waals surface area contributed by atoms with Crippen LogP contribution in [0.4, 0.5) is 4.79 Å². The molecule has 98 valence electrons. The zero-order chi connectivity index (χ0) is 13.5. The van der Waals surface area contributed by atoms with Crippen LogP contribution in [0, 0.1) is 0 Å². The number of amides is 3. The minimum absolute atomic E-state index is 0.0979. The van der Waals surface area contributed by atoms with E-state index in [1.807, 2.05) is 0 Å². The molecule has 1 aromatic heterocycles. The molecule has 0 aromatic carbocycles. The molecule has 18 heavy (non-hydrogen) atoms. The lowest BCUT2D eigenvalue weighted by molar-refractivity contribution is -0.137. The zero-order valence-corrected chi connectivity index (χ0v) is 9.46. The van der Waals surface area contributed by atoms with Gasteiger partial charge in [0.2, 0.25) is 5.91 Å². The fourth-order valence-electron chi connectivity index (χ4n) is 1.24. The standard InChI is InChI=1S/C10H13N3O5/c11-8(14)5-13(6-9(15)16)10(17)12-4-7-2-1-3-18-7/h1-3H,4-6H2,(H2,11,14)(H,12,17)(H,15,16). The van der Waals surface area contributed by atoms with Crippen molar-refractivity contribution < 1.29 is 23.9 Å². The van der Waals surface area contributed by atoms with Crippen LogP contribution < -0.4 is 11.1 Å². The highest BCUT2D eigenvalue weighted by atomic mass is 16.4. The van der Waals surface area contributed by atoms with Gasteiger partial charge in [-0.05, 0) is 12.1 Å². The molecule has 1 aromatic rings. The van der Waals surface area contributed by atoms with Crippen molar-refractivity contribution in [1.82, 2.24) is 10.2 Å². The second-order valence-corrected chi connectivity index (χ2v) is 3.45. The number of nitrogens with zero attached hydrogens (tertiary/aromatic N) is 1. The summed E-state index contributed by atoms with van der Waals surface area (Å²) in [6.45, 7) is -0.968. The van der Waals surface area contributed by atoms with Gasteiger partial charge in [-0.2, -0.15) is 0 Å². The van der Waals surface area contributed by atoms with Gasteiger partial charge < -0.3 is 25.5 Å². The molecule has 0 fully saturated rings. The number of urea groups is 1. The lowest BCUT2D eigenvalue weighted by Crippen LogP contribution is -2.46. The number of rotatable bonds is 6. The Morgan fingerprint density at radius 1 is 1.39 bits per heavy atom. The van der Waals surface area contributed by atoms with Crippen LogP contribution in [0.15, 0.2) is 22.8 Å². The van der Waals surface area contributed by atoms with Crippen molar-refractivity contribution in [3.05, 3.63) is 24.2 Å². The molecule has 0 aliphatic rings. The van der Waals surface area contributed by atoms with E-state index in [0.29, 0.717) is 5.76 Å². The molecule has 1 rings (SSSR count). The van der Waals surface area contributed by atoms with Crippen LogP contribution in [0.5, 0.6) is 0 Å². The molecular weight excluding hydrogens is 242 g/mol. The molecular formula is C10H13N3O5. The smallest absolute Gasteiger partial charge is 0.323 e. The van der Waals surface area contributed by atoms with Crippen LogP contribution in [0.25, 0.3) is 0 Å². The highest BCUT2D eigenvalue weighted by molar-refractivity contribution is 5.85. The van der Waals surface area contributed by atoms with Gasteiger partial charge in [0.15, 0.2) is 0 Å². The maximum atomic E-state index is 11.6. The van der Waals surface area contributed by atoms with Crippen molar-refractivity contribution in [2.45, 2.75) is 6.54 Å². The van der Waals surface area contributed by atoms with E-state index in [0.717, 1.165) is 4.90 Å². The highest BCUT2D eigenvalue weighted by Crippen LogP contribution is 1.99. The molecule has 0 aliphatic heterocycles. The van der Waals surface area contributed by atoms with Crippen molar-refractivity contribution in [3.63, 3.8) is 0 Å². The predicted octanol–water partition coefficient (Wildman–Crippen LogP) is -0.639. The average Bonchev–Trinajstić information content (AvgIpc) is 2.76. The van der Waals surface area contributed by atoms with Crippen LogP contribution in [-0.2, 0) is 16.1 Å². The summed E-state index contributed by atoms with van der Waals surface area (Å²) in [5.74, 6) is -1.51. The topological polar surface area (TPSA) is 126 Å². The van der Waals surface area contributed by atoms with E-state index in [1.165, 1.54) is 6.26 Å². The van der Waals surface area contributed by atoms with Gasteiger partial charge in [0.05, 0.1) is 12.8 Å². The van der Waals surface area contributed by atoms with Crippen LogP contribution >= 0.6 is 0 Å². The number of carboxylic acids is 1. The predicted molar refractivity (Wildman–Crippen MR) is 59.3 cm³/mol. The largest absolute Gasteiger partial charge is 0.480 e. The number of hydrogen-bond donors (Lipinski definition) is 3. The van der Waals surface area contributed by atoms with Crippen LogP contribution in [-0.4, -0.2) is 41.0 Å². The van der Waals surface area contributed by atoms with Gasteiger partial charge in [0.25, 0.3) is 0 Å². The molecule has 4 N–H and O–H groups in total. The first-order chi connectivity index (χ1) is 8.49. The molecule has 0 spiro atoms. The lowest BCUT2D eigenvalue weighted by atomic mass is 10.4. The van der Waals surface area contributed by atoms with E-state index in [2.05, 4.69) is 5.32 Å². The number of primary amides is 1. The van der Waals surface area contributed by atoms with E-state index in [1.54, 1.807) is 12.1 Å². The summed E-state index contributed by atoms with van der Waals surface area (Å²) >= 11 is 0. The molecule has 0 radical (unpaired) electrons. The molecule has 3 amide bonds. The molecule has 1 heterocycles. The van der Waals surface area contributed by atoms with E-state index in [9.17, 15) is 14.4 Å². The summed E-state index contributed by atoms with van der Waals surface area (Å²) in [6, 6.07) is 2.60. The Labute approximate surface area is 102 Å². The first-order valence-electron chi connectivity index (χ1n) is 5.04. The van der Waals surface area contributed by atoms with Crippen molar-refractivity contribution in [2.75, 3.05) is 13.1 Å². The molecule has 0 atom stereocenters. The first kappa shape index (κ1) is 13.6. The maximum Gasteiger partial charge on any atom is 0.323 e. The Balaban J connectivity index is 2.52. The fraction of sp³-hybridized carbons (Fsp3) is 0.300. The van der Waals surface area contributed by atoms with Crippen molar-refractivity contribution in [3.8, 4) is 0 Å². The zero-order valence-electron chi connectivity index (χ0n) is 9.46. The Morgan fingerprint density at radius 3 is 2.61 bits per heavy atom. The van der Waals surface area contributed by atoms with Gasteiger partial charge in [-0.3, -0.25) is 9.59 Å².